The molecule has 1 unspecified atom stereocenters. The van der Waals surface area contributed by atoms with Crippen LogP contribution >= 0.6 is 0 Å². The molecule has 2 heteroatoms. The van der Waals surface area contributed by atoms with Gasteiger partial charge in [0.25, 0.3) is 6.29 Å². The van der Waals surface area contributed by atoms with E-state index in [1.165, 1.54) is 0 Å². The van der Waals surface area contributed by atoms with Gasteiger partial charge in [-0.15, -0.1) is 0 Å². The average Bonchev–Trinajstić information content (AvgIpc) is 2.40. The van der Waals surface area contributed by atoms with Crippen molar-refractivity contribution in [2.45, 2.75) is 6.29 Å². The van der Waals surface area contributed by atoms with E-state index in [1.807, 2.05) is 18.2 Å². The van der Waals surface area contributed by atoms with Crippen LogP contribution in [-0.2, 0) is 0 Å². The van der Waals surface area contributed by atoms with Gasteiger partial charge >= 0.3 is 0 Å². The third-order valence-corrected chi connectivity index (χ3v) is 1.71. The fraction of sp³-hybridized carbons (Fsp3) is 0.143. The molecule has 4 bridgehead atoms. The van der Waals surface area contributed by atoms with Crippen molar-refractivity contribution in [3.05, 3.63) is 23.8 Å². The van der Waals surface area contributed by atoms with E-state index in [0.717, 1.165) is 17.1 Å². The summed E-state index contributed by atoms with van der Waals surface area (Å²) in [5.74, 6) is 1.78. The lowest BCUT2D eigenvalue weighted by Gasteiger charge is -2.09. The maximum atomic E-state index is 5.26. The number of rotatable bonds is 0. The Morgan fingerprint density at radius 2 is 2.00 bits per heavy atom. The van der Waals surface area contributed by atoms with Gasteiger partial charge < -0.3 is 9.47 Å². The summed E-state index contributed by atoms with van der Waals surface area (Å²) in [6.07, 6.45) is -0.0972. The van der Waals surface area contributed by atoms with Crippen LogP contribution in [-0.4, -0.2) is 0 Å². The second-order valence-corrected chi connectivity index (χ2v) is 2.27. The van der Waals surface area contributed by atoms with Gasteiger partial charge in [-0.25, -0.2) is 0 Å². The second kappa shape index (κ2) is 0.923. The lowest BCUT2D eigenvalue weighted by molar-refractivity contribution is 0.0553. The Hall–Kier alpha value is -1.18. The molecule has 3 heterocycles. The Morgan fingerprint density at radius 1 is 1.11 bits per heavy atom. The molecule has 0 spiro atoms. The molecule has 9 heavy (non-hydrogen) atoms. The fourth-order valence-corrected chi connectivity index (χ4v) is 1.25. The van der Waals surface area contributed by atoms with Gasteiger partial charge in [-0.3, -0.25) is 0 Å². The zero-order chi connectivity index (χ0) is 5.84. The van der Waals surface area contributed by atoms with Crippen molar-refractivity contribution in [3.63, 3.8) is 0 Å². The van der Waals surface area contributed by atoms with E-state index in [4.69, 9.17) is 9.47 Å². The molecule has 44 valence electrons. The molecule has 0 aromatic heterocycles. The minimum atomic E-state index is -0.0972. The maximum absolute atomic E-state index is 5.26. The summed E-state index contributed by atoms with van der Waals surface area (Å²) in [5, 5.41) is 0. The Bertz CT molecular complexity index is 280. The van der Waals surface area contributed by atoms with E-state index in [-0.39, 0.29) is 6.29 Å². The quantitative estimate of drug-likeness (QED) is 0.516. The highest BCUT2D eigenvalue weighted by Crippen LogP contribution is 2.47. The molecular weight excluding hydrogens is 116 g/mol. The van der Waals surface area contributed by atoms with Crippen LogP contribution in [0.2, 0.25) is 0 Å². The maximum Gasteiger partial charge on any atom is 0.268 e. The Labute approximate surface area is 52.0 Å². The van der Waals surface area contributed by atoms with Crippen molar-refractivity contribution in [1.82, 2.24) is 0 Å². The molecule has 0 amide bonds. The Morgan fingerprint density at radius 3 is 2.44 bits per heavy atom. The van der Waals surface area contributed by atoms with E-state index in [1.54, 1.807) is 0 Å². The summed E-state index contributed by atoms with van der Waals surface area (Å²) >= 11 is 0. The van der Waals surface area contributed by atoms with Gasteiger partial charge in [-0.2, -0.15) is 0 Å². The topological polar surface area (TPSA) is 18.5 Å². The number of hydrogen-bond acceptors (Lipinski definition) is 2. The molecule has 0 radical (unpaired) electrons. The highest BCUT2D eigenvalue weighted by Gasteiger charge is 2.33. The van der Waals surface area contributed by atoms with Crippen LogP contribution in [0.25, 0.3) is 0 Å². The molecular formula is C7H4O2. The standard InChI is InChI=1S/C7H4O2/c1-2-5-6-3-4(1)7(8-5)9-6/h1-3,7H. The van der Waals surface area contributed by atoms with Crippen LogP contribution in [0.15, 0.2) is 18.2 Å². The molecule has 0 N–H and O–H groups in total. The van der Waals surface area contributed by atoms with Gasteiger partial charge in [0.05, 0.1) is 0 Å². The molecule has 0 fully saturated rings. The lowest BCUT2D eigenvalue weighted by atomic mass is 10.2. The van der Waals surface area contributed by atoms with Gasteiger partial charge in [-0.05, 0) is 18.2 Å². The molecule has 0 saturated heterocycles. The van der Waals surface area contributed by atoms with E-state index in [9.17, 15) is 0 Å². The first-order valence-corrected chi connectivity index (χ1v) is 2.91. The SMILES string of the molecule is c1cc2c3cc1C(O2)O3. The first-order valence-electron chi connectivity index (χ1n) is 2.91. The average molecular weight is 120 g/mol. The minimum absolute atomic E-state index is 0.0972. The van der Waals surface area contributed by atoms with Crippen LogP contribution in [0.3, 0.4) is 0 Å². The second-order valence-electron chi connectivity index (χ2n) is 2.27. The van der Waals surface area contributed by atoms with Gasteiger partial charge in [0, 0.05) is 5.56 Å². The molecule has 3 aliphatic rings. The Balaban J connectivity index is 2.53. The van der Waals surface area contributed by atoms with E-state index in [2.05, 4.69) is 0 Å². The molecule has 3 aliphatic heterocycles. The molecule has 4 rings (SSSR count). The van der Waals surface area contributed by atoms with Crippen LogP contribution in [0, 0.1) is 0 Å². The van der Waals surface area contributed by atoms with Gasteiger partial charge in [-0.1, -0.05) is 0 Å². The summed E-state index contributed by atoms with van der Waals surface area (Å²) in [6, 6.07) is 5.98. The first-order chi connectivity index (χ1) is 4.43. The van der Waals surface area contributed by atoms with Crippen LogP contribution in [0.4, 0.5) is 0 Å². The molecule has 0 saturated carbocycles. The number of fused-ring (bicyclic) bond motifs is 1. The molecule has 2 nitrogen and oxygen atoms in total. The summed E-state index contributed by atoms with van der Waals surface area (Å²) in [6.45, 7) is 0. The predicted octanol–water partition coefficient (Wildman–Crippen LogP) is 1.47. The van der Waals surface area contributed by atoms with Crippen molar-refractivity contribution in [3.8, 4) is 11.5 Å². The van der Waals surface area contributed by atoms with Crippen molar-refractivity contribution in [2.24, 2.45) is 0 Å². The number of benzene rings is 1. The zero-order valence-corrected chi connectivity index (χ0v) is 4.63. The third kappa shape index (κ3) is 0.279. The van der Waals surface area contributed by atoms with Gasteiger partial charge in [0.2, 0.25) is 0 Å². The summed E-state index contributed by atoms with van der Waals surface area (Å²) < 4.78 is 10.5. The number of ether oxygens (including phenoxy) is 2. The van der Waals surface area contributed by atoms with Crippen LogP contribution in [0.5, 0.6) is 11.5 Å². The zero-order valence-electron chi connectivity index (χ0n) is 4.63. The van der Waals surface area contributed by atoms with Crippen LogP contribution < -0.4 is 9.47 Å². The van der Waals surface area contributed by atoms with Crippen molar-refractivity contribution >= 4 is 0 Å². The third-order valence-electron chi connectivity index (χ3n) is 1.71. The van der Waals surface area contributed by atoms with Gasteiger partial charge in [0.1, 0.15) is 0 Å². The summed E-state index contributed by atoms with van der Waals surface area (Å²) in [5.41, 5.74) is 1.14. The minimum Gasteiger partial charge on any atom is -0.447 e. The highest BCUT2D eigenvalue weighted by atomic mass is 16.7. The molecule has 1 atom stereocenters. The summed E-state index contributed by atoms with van der Waals surface area (Å²) in [4.78, 5) is 0. The normalized spacial score (nSPS) is 24.2. The smallest absolute Gasteiger partial charge is 0.268 e. The molecule has 1 aromatic carbocycles. The van der Waals surface area contributed by atoms with E-state index in [0.29, 0.717) is 0 Å². The van der Waals surface area contributed by atoms with Crippen molar-refractivity contribution in [2.75, 3.05) is 0 Å². The van der Waals surface area contributed by atoms with E-state index >= 15 is 0 Å². The van der Waals surface area contributed by atoms with Crippen molar-refractivity contribution in [1.29, 1.82) is 0 Å². The number of hydrogen-bond donors (Lipinski definition) is 0. The molecule has 0 aliphatic carbocycles. The largest absolute Gasteiger partial charge is 0.447 e. The van der Waals surface area contributed by atoms with Gasteiger partial charge in [0.15, 0.2) is 11.5 Å². The monoisotopic (exact) mass is 120 g/mol. The summed E-state index contributed by atoms with van der Waals surface area (Å²) in [7, 11) is 0. The van der Waals surface area contributed by atoms with Crippen molar-refractivity contribution < 1.29 is 9.47 Å². The highest BCUT2D eigenvalue weighted by molar-refractivity contribution is 5.51. The Kier molecular flexibility index (Phi) is 0.387. The fourth-order valence-electron chi connectivity index (χ4n) is 1.25. The predicted molar refractivity (Wildman–Crippen MR) is 30.4 cm³/mol. The first kappa shape index (κ1) is 3.77. The molecule has 1 aromatic rings. The van der Waals surface area contributed by atoms with E-state index < -0.39 is 0 Å². The van der Waals surface area contributed by atoms with Crippen LogP contribution in [0.1, 0.15) is 11.9 Å². The lowest BCUT2D eigenvalue weighted by Crippen LogP contribution is -2.05.